The Balaban J connectivity index is 1.61. The fourth-order valence-corrected chi connectivity index (χ4v) is 3.69. The molecule has 1 N–H and O–H groups in total. The molecule has 4 amide bonds. The molecule has 0 spiro atoms. The number of urea groups is 1. The predicted molar refractivity (Wildman–Crippen MR) is 95.0 cm³/mol. The highest BCUT2D eigenvalue weighted by Crippen LogP contribution is 2.29. The Kier molecular flexibility index (Phi) is 5.06. The van der Waals surface area contributed by atoms with Crippen LogP contribution in [0.5, 0.6) is 0 Å². The molecule has 3 unspecified atom stereocenters. The fraction of sp³-hybridized carbons (Fsp3) is 0.526. The third kappa shape index (κ3) is 3.67. The minimum atomic E-state index is -0.434. The number of imide groups is 1. The highest BCUT2D eigenvalue weighted by atomic mass is 16.2. The molecule has 1 saturated carbocycles. The van der Waals surface area contributed by atoms with E-state index in [1.165, 1.54) is 11.3 Å². The molecule has 3 atom stereocenters. The van der Waals surface area contributed by atoms with Crippen molar-refractivity contribution >= 4 is 23.5 Å². The van der Waals surface area contributed by atoms with E-state index in [0.29, 0.717) is 17.5 Å². The summed E-state index contributed by atoms with van der Waals surface area (Å²) in [4.78, 5) is 39.5. The molecular weight excluding hydrogens is 318 g/mol. The van der Waals surface area contributed by atoms with Gasteiger partial charge in [-0.15, -0.1) is 0 Å². The second kappa shape index (κ2) is 7.25. The SMILES string of the molecule is CC1CCCC(NC(=O)CN2C(=O)CN(c3ccccc3)C2=O)C1C. The maximum absolute atomic E-state index is 12.5. The molecular formula is C19H25N3O3. The average molecular weight is 343 g/mol. The summed E-state index contributed by atoms with van der Waals surface area (Å²) in [7, 11) is 0. The summed E-state index contributed by atoms with van der Waals surface area (Å²) in [5.74, 6) is 0.378. The van der Waals surface area contributed by atoms with Gasteiger partial charge in [0.2, 0.25) is 5.91 Å². The Morgan fingerprint density at radius 3 is 2.60 bits per heavy atom. The standard InChI is InChI=1S/C19H25N3O3/c1-13-7-6-10-16(14(13)2)20-17(23)11-22-18(24)12-21(19(22)25)15-8-4-3-5-9-15/h3-5,8-9,13-14,16H,6-7,10-12H2,1-2H3,(H,20,23). The number of rotatable bonds is 4. The largest absolute Gasteiger partial charge is 0.352 e. The van der Waals surface area contributed by atoms with Crippen molar-refractivity contribution in [2.75, 3.05) is 18.0 Å². The van der Waals surface area contributed by atoms with Gasteiger partial charge in [-0.1, -0.05) is 44.9 Å². The first-order valence-electron chi connectivity index (χ1n) is 8.93. The molecule has 0 radical (unpaired) electrons. The average Bonchev–Trinajstić information content (AvgIpc) is 2.88. The lowest BCUT2D eigenvalue weighted by molar-refractivity contribution is -0.131. The molecule has 1 aromatic carbocycles. The fourth-order valence-electron chi connectivity index (χ4n) is 3.69. The molecule has 6 heteroatoms. The highest BCUT2D eigenvalue weighted by Gasteiger charge is 2.38. The van der Waals surface area contributed by atoms with Crippen molar-refractivity contribution in [1.82, 2.24) is 10.2 Å². The molecule has 2 fully saturated rings. The van der Waals surface area contributed by atoms with Gasteiger partial charge < -0.3 is 5.32 Å². The lowest BCUT2D eigenvalue weighted by atomic mass is 9.78. The van der Waals surface area contributed by atoms with E-state index in [1.54, 1.807) is 12.1 Å². The van der Waals surface area contributed by atoms with Crippen LogP contribution in [0, 0.1) is 11.8 Å². The summed E-state index contributed by atoms with van der Waals surface area (Å²) in [6.07, 6.45) is 3.23. The van der Waals surface area contributed by atoms with Gasteiger partial charge in [0.15, 0.2) is 0 Å². The highest BCUT2D eigenvalue weighted by molar-refractivity contribution is 6.13. The predicted octanol–water partition coefficient (Wildman–Crippen LogP) is 2.40. The number of benzene rings is 1. The van der Waals surface area contributed by atoms with Crippen LogP contribution in [-0.2, 0) is 9.59 Å². The number of anilines is 1. The summed E-state index contributed by atoms with van der Waals surface area (Å²) in [6, 6.07) is 8.72. The number of para-hydroxylation sites is 1. The first kappa shape index (κ1) is 17.5. The van der Waals surface area contributed by atoms with Crippen LogP contribution in [0.25, 0.3) is 0 Å². The van der Waals surface area contributed by atoms with Crippen LogP contribution in [0.15, 0.2) is 30.3 Å². The normalized spacial score (nSPS) is 26.9. The van der Waals surface area contributed by atoms with Crippen LogP contribution in [0.2, 0.25) is 0 Å². The van der Waals surface area contributed by atoms with Gasteiger partial charge in [-0.25, -0.2) is 4.79 Å². The summed E-state index contributed by atoms with van der Waals surface area (Å²) < 4.78 is 0. The Morgan fingerprint density at radius 2 is 1.88 bits per heavy atom. The molecule has 25 heavy (non-hydrogen) atoms. The van der Waals surface area contributed by atoms with Gasteiger partial charge >= 0.3 is 6.03 Å². The number of nitrogens with zero attached hydrogens (tertiary/aromatic N) is 2. The van der Waals surface area contributed by atoms with Crippen molar-refractivity contribution in [2.45, 2.75) is 39.2 Å². The van der Waals surface area contributed by atoms with E-state index in [2.05, 4.69) is 19.2 Å². The molecule has 0 aromatic heterocycles. The minimum absolute atomic E-state index is 0.0208. The lowest BCUT2D eigenvalue weighted by Gasteiger charge is -2.34. The van der Waals surface area contributed by atoms with Crippen LogP contribution in [0.3, 0.4) is 0 Å². The van der Waals surface area contributed by atoms with Crippen molar-refractivity contribution in [1.29, 1.82) is 0 Å². The number of amides is 4. The first-order valence-corrected chi connectivity index (χ1v) is 8.93. The Bertz CT molecular complexity index is 661. The van der Waals surface area contributed by atoms with Crippen molar-refractivity contribution in [2.24, 2.45) is 11.8 Å². The quantitative estimate of drug-likeness (QED) is 0.854. The molecule has 3 rings (SSSR count). The third-order valence-corrected chi connectivity index (χ3v) is 5.48. The third-order valence-electron chi connectivity index (χ3n) is 5.48. The zero-order chi connectivity index (χ0) is 18.0. The van der Waals surface area contributed by atoms with Crippen molar-refractivity contribution in [3.63, 3.8) is 0 Å². The van der Waals surface area contributed by atoms with Gasteiger partial charge in [0.1, 0.15) is 13.1 Å². The van der Waals surface area contributed by atoms with Gasteiger partial charge in [0.25, 0.3) is 5.91 Å². The van der Waals surface area contributed by atoms with Crippen molar-refractivity contribution in [3.05, 3.63) is 30.3 Å². The topological polar surface area (TPSA) is 69.7 Å². The molecule has 2 aliphatic rings. The Morgan fingerprint density at radius 1 is 1.16 bits per heavy atom. The number of carbonyl (C=O) groups excluding carboxylic acids is 3. The van der Waals surface area contributed by atoms with Gasteiger partial charge in [-0.3, -0.25) is 19.4 Å². The summed E-state index contributed by atoms with van der Waals surface area (Å²) >= 11 is 0. The Labute approximate surface area is 148 Å². The van der Waals surface area contributed by atoms with Crippen LogP contribution < -0.4 is 10.2 Å². The number of nitrogens with one attached hydrogen (secondary N) is 1. The van der Waals surface area contributed by atoms with E-state index in [4.69, 9.17) is 0 Å². The number of hydrogen-bond acceptors (Lipinski definition) is 3. The van der Waals surface area contributed by atoms with E-state index in [0.717, 1.165) is 17.7 Å². The van der Waals surface area contributed by atoms with Gasteiger partial charge in [0.05, 0.1) is 0 Å². The van der Waals surface area contributed by atoms with E-state index in [9.17, 15) is 14.4 Å². The van der Waals surface area contributed by atoms with E-state index < -0.39 is 6.03 Å². The molecule has 6 nitrogen and oxygen atoms in total. The maximum atomic E-state index is 12.5. The summed E-state index contributed by atoms with van der Waals surface area (Å²) in [5.41, 5.74) is 0.665. The molecule has 1 aromatic rings. The van der Waals surface area contributed by atoms with Crippen LogP contribution in [0.4, 0.5) is 10.5 Å². The van der Waals surface area contributed by atoms with Crippen LogP contribution in [0.1, 0.15) is 33.1 Å². The second-order valence-electron chi connectivity index (χ2n) is 7.13. The molecule has 1 aliphatic heterocycles. The molecule has 1 saturated heterocycles. The van der Waals surface area contributed by atoms with E-state index in [-0.39, 0.29) is 30.9 Å². The number of carbonyl (C=O) groups is 3. The first-order chi connectivity index (χ1) is 12.0. The minimum Gasteiger partial charge on any atom is -0.352 e. The molecule has 0 bridgehead atoms. The zero-order valence-corrected chi connectivity index (χ0v) is 14.8. The summed E-state index contributed by atoms with van der Waals surface area (Å²) in [6.45, 7) is 4.12. The summed E-state index contributed by atoms with van der Waals surface area (Å²) in [5, 5.41) is 3.02. The smallest absolute Gasteiger partial charge is 0.332 e. The lowest BCUT2D eigenvalue weighted by Crippen LogP contribution is -2.48. The van der Waals surface area contributed by atoms with E-state index >= 15 is 0 Å². The van der Waals surface area contributed by atoms with Crippen LogP contribution >= 0.6 is 0 Å². The van der Waals surface area contributed by atoms with Crippen molar-refractivity contribution in [3.8, 4) is 0 Å². The second-order valence-corrected chi connectivity index (χ2v) is 7.13. The number of hydrogen-bond donors (Lipinski definition) is 1. The van der Waals surface area contributed by atoms with Gasteiger partial charge in [-0.05, 0) is 30.4 Å². The van der Waals surface area contributed by atoms with E-state index in [1.807, 2.05) is 18.2 Å². The zero-order valence-electron chi connectivity index (χ0n) is 14.8. The van der Waals surface area contributed by atoms with Crippen molar-refractivity contribution < 1.29 is 14.4 Å². The maximum Gasteiger partial charge on any atom is 0.332 e. The molecule has 1 aliphatic carbocycles. The molecule has 134 valence electrons. The monoisotopic (exact) mass is 343 g/mol. The van der Waals surface area contributed by atoms with Crippen LogP contribution in [-0.4, -0.2) is 41.9 Å². The van der Waals surface area contributed by atoms with Gasteiger partial charge in [0, 0.05) is 11.7 Å². The molecule has 1 heterocycles. The Hall–Kier alpha value is -2.37. The van der Waals surface area contributed by atoms with Gasteiger partial charge in [-0.2, -0.15) is 0 Å².